The average molecular weight is 284 g/mol. The van der Waals surface area contributed by atoms with Crippen molar-refractivity contribution in [2.45, 2.75) is 111 Å². The number of nitrogens with zero attached hydrogens (tertiary/aromatic N) is 1. The first-order chi connectivity index (χ1) is 9.23. The van der Waals surface area contributed by atoms with Gasteiger partial charge in [0.15, 0.2) is 0 Å². The van der Waals surface area contributed by atoms with E-state index in [0.29, 0.717) is 6.10 Å². The van der Waals surface area contributed by atoms with Crippen LogP contribution in [0.1, 0.15) is 93.4 Å². The van der Waals surface area contributed by atoms with E-state index in [4.69, 9.17) is 4.84 Å². The van der Waals surface area contributed by atoms with Crippen LogP contribution in [0.3, 0.4) is 0 Å². The fourth-order valence-electron chi connectivity index (χ4n) is 4.20. The molecule has 1 aliphatic rings. The smallest absolute Gasteiger partial charge is 0.0793 e. The summed E-state index contributed by atoms with van der Waals surface area (Å²) in [5.74, 6) is 0.778. The third-order valence-electron chi connectivity index (χ3n) is 4.54. The van der Waals surface area contributed by atoms with Crippen LogP contribution >= 0.6 is 0 Å². The Kier molecular flexibility index (Phi) is 6.53. The lowest BCUT2D eigenvalue weighted by Gasteiger charge is -2.54. The molecule has 1 fully saturated rings. The Morgan fingerprint density at radius 3 is 2.00 bits per heavy atom. The highest BCUT2D eigenvalue weighted by Crippen LogP contribution is 2.42. The quantitative estimate of drug-likeness (QED) is 0.606. The number of hydroxylamine groups is 2. The molecule has 0 aliphatic carbocycles. The van der Waals surface area contributed by atoms with E-state index in [9.17, 15) is 0 Å². The zero-order valence-electron chi connectivity index (χ0n) is 15.0. The molecule has 0 spiro atoms. The number of hydrogen-bond acceptors (Lipinski definition) is 2. The van der Waals surface area contributed by atoms with Gasteiger partial charge in [-0.1, -0.05) is 40.0 Å². The van der Waals surface area contributed by atoms with Crippen molar-refractivity contribution >= 4 is 0 Å². The van der Waals surface area contributed by atoms with Crippen LogP contribution in [0, 0.1) is 5.92 Å². The van der Waals surface area contributed by atoms with Crippen molar-refractivity contribution in [3.8, 4) is 0 Å². The van der Waals surface area contributed by atoms with Gasteiger partial charge in [-0.05, 0) is 59.3 Å². The zero-order chi connectivity index (χ0) is 15.4. The molecule has 1 rings (SSSR count). The molecule has 0 aromatic carbocycles. The van der Waals surface area contributed by atoms with Gasteiger partial charge in [0.05, 0.1) is 6.10 Å². The first-order valence-corrected chi connectivity index (χ1v) is 8.70. The van der Waals surface area contributed by atoms with Gasteiger partial charge < -0.3 is 0 Å². The Hall–Kier alpha value is -0.0800. The Balaban J connectivity index is 2.78. The Morgan fingerprint density at radius 1 is 1.00 bits per heavy atom. The van der Waals surface area contributed by atoms with Gasteiger partial charge in [-0.3, -0.25) is 4.84 Å². The summed E-state index contributed by atoms with van der Waals surface area (Å²) in [6.45, 7) is 16.3. The van der Waals surface area contributed by atoms with E-state index in [1.54, 1.807) is 0 Å². The van der Waals surface area contributed by atoms with Crippen molar-refractivity contribution in [2.75, 3.05) is 0 Å². The van der Waals surface area contributed by atoms with Crippen LogP contribution in [0.2, 0.25) is 0 Å². The molecular formula is C18H37NO. The normalized spacial score (nSPS) is 24.8. The van der Waals surface area contributed by atoms with E-state index in [1.807, 2.05) is 0 Å². The maximum Gasteiger partial charge on any atom is 0.0793 e. The summed E-state index contributed by atoms with van der Waals surface area (Å²) in [6, 6.07) is 0. The molecule has 1 heterocycles. The molecule has 2 heteroatoms. The van der Waals surface area contributed by atoms with Crippen molar-refractivity contribution in [1.82, 2.24) is 5.06 Å². The zero-order valence-corrected chi connectivity index (χ0v) is 15.0. The minimum Gasteiger partial charge on any atom is -0.295 e. The van der Waals surface area contributed by atoms with Gasteiger partial charge in [-0.25, -0.2) is 0 Å². The van der Waals surface area contributed by atoms with Gasteiger partial charge in [0, 0.05) is 11.1 Å². The SMILES string of the molecule is CCCCC(CCC)ON1C(C)(C)CC(C)CC1(C)C. The van der Waals surface area contributed by atoms with E-state index >= 15 is 0 Å². The predicted molar refractivity (Wildman–Crippen MR) is 87.7 cm³/mol. The van der Waals surface area contributed by atoms with Crippen LogP contribution in [0.25, 0.3) is 0 Å². The summed E-state index contributed by atoms with van der Waals surface area (Å²) in [6.07, 6.45) is 8.96. The van der Waals surface area contributed by atoms with E-state index in [2.05, 4.69) is 53.5 Å². The second kappa shape index (κ2) is 7.26. The lowest BCUT2D eigenvalue weighted by molar-refractivity contribution is -0.311. The van der Waals surface area contributed by atoms with Gasteiger partial charge in [-0.2, -0.15) is 5.06 Å². The fraction of sp³-hybridized carbons (Fsp3) is 1.00. The van der Waals surface area contributed by atoms with Crippen LogP contribution in [-0.2, 0) is 4.84 Å². The summed E-state index contributed by atoms with van der Waals surface area (Å²) in [5, 5.41) is 2.34. The second-order valence-corrected chi connectivity index (χ2v) is 8.09. The maximum absolute atomic E-state index is 6.55. The molecule has 0 amide bonds. The van der Waals surface area contributed by atoms with E-state index < -0.39 is 0 Å². The molecule has 0 aromatic heterocycles. The fourth-order valence-corrected chi connectivity index (χ4v) is 4.20. The molecule has 120 valence electrons. The molecule has 0 saturated carbocycles. The van der Waals surface area contributed by atoms with Crippen LogP contribution in [0.15, 0.2) is 0 Å². The highest BCUT2D eigenvalue weighted by Gasteiger charge is 2.45. The molecule has 1 aliphatic heterocycles. The third-order valence-corrected chi connectivity index (χ3v) is 4.54. The molecule has 1 atom stereocenters. The summed E-state index contributed by atoms with van der Waals surface area (Å²) < 4.78 is 0. The molecule has 0 aromatic rings. The van der Waals surface area contributed by atoms with Gasteiger partial charge in [0.2, 0.25) is 0 Å². The number of unbranched alkanes of at least 4 members (excludes halogenated alkanes) is 1. The first-order valence-electron chi connectivity index (χ1n) is 8.70. The van der Waals surface area contributed by atoms with E-state index in [-0.39, 0.29) is 11.1 Å². The summed E-state index contributed by atoms with van der Waals surface area (Å²) in [7, 11) is 0. The summed E-state index contributed by atoms with van der Waals surface area (Å²) in [4.78, 5) is 6.55. The van der Waals surface area contributed by atoms with Crippen LogP contribution in [-0.4, -0.2) is 22.2 Å². The highest BCUT2D eigenvalue weighted by molar-refractivity contribution is 4.95. The molecule has 0 radical (unpaired) electrons. The lowest BCUT2D eigenvalue weighted by atomic mass is 9.76. The van der Waals surface area contributed by atoms with Gasteiger partial charge in [-0.15, -0.1) is 0 Å². The second-order valence-electron chi connectivity index (χ2n) is 8.09. The van der Waals surface area contributed by atoms with Crippen LogP contribution < -0.4 is 0 Å². The Bertz CT molecular complexity index is 267. The topological polar surface area (TPSA) is 12.5 Å². The van der Waals surface area contributed by atoms with Crippen molar-refractivity contribution in [1.29, 1.82) is 0 Å². The van der Waals surface area contributed by atoms with Crippen LogP contribution in [0.4, 0.5) is 0 Å². The van der Waals surface area contributed by atoms with Gasteiger partial charge in [0.1, 0.15) is 0 Å². The lowest BCUT2D eigenvalue weighted by Crippen LogP contribution is -2.61. The van der Waals surface area contributed by atoms with E-state index in [0.717, 1.165) is 5.92 Å². The number of piperidine rings is 1. The van der Waals surface area contributed by atoms with E-state index in [1.165, 1.54) is 44.9 Å². The van der Waals surface area contributed by atoms with Crippen molar-refractivity contribution in [2.24, 2.45) is 5.92 Å². The third kappa shape index (κ3) is 4.73. The number of hydrogen-bond donors (Lipinski definition) is 0. The highest BCUT2D eigenvalue weighted by atomic mass is 16.7. The van der Waals surface area contributed by atoms with Gasteiger partial charge >= 0.3 is 0 Å². The molecule has 1 saturated heterocycles. The summed E-state index contributed by atoms with van der Waals surface area (Å²) in [5.41, 5.74) is 0.277. The molecule has 0 N–H and O–H groups in total. The van der Waals surface area contributed by atoms with Crippen molar-refractivity contribution < 1.29 is 4.84 Å². The summed E-state index contributed by atoms with van der Waals surface area (Å²) >= 11 is 0. The van der Waals surface area contributed by atoms with Gasteiger partial charge in [0.25, 0.3) is 0 Å². The minimum absolute atomic E-state index is 0.138. The molecule has 0 bridgehead atoms. The minimum atomic E-state index is 0.138. The first kappa shape index (κ1) is 18.0. The number of rotatable bonds is 7. The Labute approximate surface area is 127 Å². The molecular weight excluding hydrogens is 246 g/mol. The Morgan fingerprint density at radius 2 is 1.55 bits per heavy atom. The largest absolute Gasteiger partial charge is 0.295 e. The van der Waals surface area contributed by atoms with Crippen molar-refractivity contribution in [3.63, 3.8) is 0 Å². The standard InChI is InChI=1S/C18H37NO/c1-8-10-12-16(11-9-2)20-19-17(4,5)13-15(3)14-18(19,6)7/h15-16H,8-14H2,1-7H3. The van der Waals surface area contributed by atoms with Crippen molar-refractivity contribution in [3.05, 3.63) is 0 Å². The molecule has 2 nitrogen and oxygen atoms in total. The molecule has 20 heavy (non-hydrogen) atoms. The average Bonchev–Trinajstić information content (AvgIpc) is 2.28. The predicted octanol–water partition coefficient (Wildman–Crippen LogP) is 5.57. The monoisotopic (exact) mass is 283 g/mol. The molecule has 1 unspecified atom stereocenters. The maximum atomic E-state index is 6.55. The van der Waals surface area contributed by atoms with Crippen LogP contribution in [0.5, 0.6) is 0 Å².